The maximum atomic E-state index is 12.4. The van der Waals surface area contributed by atoms with Crippen molar-refractivity contribution >= 4 is 5.97 Å². The van der Waals surface area contributed by atoms with Gasteiger partial charge >= 0.3 is 5.97 Å². The first-order valence-electron chi connectivity index (χ1n) is 2.64. The highest BCUT2D eigenvalue weighted by atomic mass is 19.1. The molecular weight excluding hydrogens is 158 g/mol. The quantitative estimate of drug-likeness (QED) is 0.622. The van der Waals surface area contributed by atoms with Gasteiger partial charge in [0, 0.05) is 1.43 Å². The van der Waals surface area contributed by atoms with Crippen molar-refractivity contribution in [2.45, 2.75) is 0 Å². The largest absolute Gasteiger partial charge is 0.464 e. The van der Waals surface area contributed by atoms with Gasteiger partial charge in [-0.15, -0.1) is 0 Å². The van der Waals surface area contributed by atoms with E-state index >= 15 is 0 Å². The molecular formula is C5H6F2N2O2. The average molecular weight is 164 g/mol. The number of hydrogen-bond acceptors (Lipinski definition) is 3. The predicted molar refractivity (Wildman–Crippen MR) is 32.0 cm³/mol. The van der Waals surface area contributed by atoms with Crippen LogP contribution in [0.5, 0.6) is 0 Å². The first-order valence-corrected chi connectivity index (χ1v) is 2.64. The summed E-state index contributed by atoms with van der Waals surface area (Å²) < 4.78 is 28.6. The predicted octanol–water partition coefficient (Wildman–Crippen LogP) is 0.721. The summed E-state index contributed by atoms with van der Waals surface area (Å²) in [4.78, 5) is 15.0. The Balaban J connectivity index is 0.00000121. The maximum absolute atomic E-state index is 12.4. The summed E-state index contributed by atoms with van der Waals surface area (Å²) >= 11 is 0. The highest BCUT2D eigenvalue weighted by Crippen LogP contribution is 2.03. The van der Waals surface area contributed by atoms with Crippen molar-refractivity contribution in [2.24, 2.45) is 0 Å². The zero-order chi connectivity index (χ0) is 8.43. The number of methoxy groups -OCH3 is 1. The lowest BCUT2D eigenvalue weighted by molar-refractivity contribution is 0.0588. The topological polar surface area (TPSA) is 55.0 Å². The number of carbonyl (C=O) groups excluding carboxylic acids is 1. The van der Waals surface area contributed by atoms with Crippen LogP contribution in [-0.2, 0) is 4.74 Å². The number of H-pyrrole nitrogens is 1. The number of nitrogens with one attached hydrogen (secondary N) is 1. The Hall–Kier alpha value is -1.46. The van der Waals surface area contributed by atoms with Gasteiger partial charge in [0.2, 0.25) is 11.6 Å². The van der Waals surface area contributed by atoms with Gasteiger partial charge in [-0.05, 0) is 0 Å². The summed E-state index contributed by atoms with van der Waals surface area (Å²) in [7, 11) is 1.05. The van der Waals surface area contributed by atoms with Gasteiger partial charge < -0.3 is 4.74 Å². The Morgan fingerprint density at radius 1 is 1.73 bits per heavy atom. The molecule has 0 radical (unpaired) electrons. The first kappa shape index (κ1) is 7.64. The lowest BCUT2D eigenvalue weighted by Gasteiger charge is -1.90. The van der Waals surface area contributed by atoms with E-state index < -0.39 is 23.7 Å². The van der Waals surface area contributed by atoms with Gasteiger partial charge in [-0.3, -0.25) is 4.98 Å². The van der Waals surface area contributed by atoms with Crippen molar-refractivity contribution < 1.29 is 19.7 Å². The van der Waals surface area contributed by atoms with Gasteiger partial charge in [-0.2, -0.15) is 13.8 Å². The molecule has 6 heteroatoms. The van der Waals surface area contributed by atoms with Crippen LogP contribution in [0.3, 0.4) is 0 Å². The molecule has 0 aliphatic heterocycles. The van der Waals surface area contributed by atoms with Gasteiger partial charge in [0.1, 0.15) is 0 Å². The van der Waals surface area contributed by atoms with Crippen LogP contribution in [0.15, 0.2) is 0 Å². The van der Waals surface area contributed by atoms with Gasteiger partial charge in [-0.25, -0.2) is 4.79 Å². The number of carbonyl (C=O) groups is 1. The van der Waals surface area contributed by atoms with E-state index in [9.17, 15) is 13.6 Å². The molecule has 11 heavy (non-hydrogen) atoms. The minimum absolute atomic E-state index is 0. The van der Waals surface area contributed by atoms with E-state index in [4.69, 9.17) is 0 Å². The number of aromatic nitrogens is 2. The van der Waals surface area contributed by atoms with Gasteiger partial charge in [0.25, 0.3) is 6.08 Å². The third-order valence-corrected chi connectivity index (χ3v) is 1.01. The standard InChI is InChI=1S/C5H4F2N2O2.H2/c1-11-4(10)2-3(6)9-5(7)8-2;/h1H3,(H,8,9);1H. The number of ether oxygens (including phenoxy) is 1. The normalized spacial score (nSPS) is 9.73. The molecule has 0 saturated heterocycles. The zero-order valence-electron chi connectivity index (χ0n) is 5.52. The number of nitrogens with zero attached hydrogens (tertiary/aromatic N) is 1. The molecule has 0 atom stereocenters. The maximum Gasteiger partial charge on any atom is 0.361 e. The Kier molecular flexibility index (Phi) is 1.84. The third-order valence-electron chi connectivity index (χ3n) is 1.01. The molecule has 0 aromatic carbocycles. The summed E-state index contributed by atoms with van der Waals surface area (Å²) in [6.07, 6.45) is -1.15. The van der Waals surface area contributed by atoms with Crippen molar-refractivity contribution in [2.75, 3.05) is 7.11 Å². The number of esters is 1. The van der Waals surface area contributed by atoms with Crippen LogP contribution in [-0.4, -0.2) is 23.0 Å². The van der Waals surface area contributed by atoms with Crippen molar-refractivity contribution in [3.05, 3.63) is 17.7 Å². The lowest BCUT2D eigenvalue weighted by atomic mass is 10.5. The Morgan fingerprint density at radius 3 is 2.73 bits per heavy atom. The van der Waals surface area contributed by atoms with Crippen LogP contribution in [0, 0.1) is 12.0 Å². The molecule has 0 spiro atoms. The fourth-order valence-corrected chi connectivity index (χ4v) is 0.557. The van der Waals surface area contributed by atoms with E-state index in [1.807, 2.05) is 0 Å². The SMILES string of the molecule is COC(=O)c1nc(F)[nH]c1F.[HH]. The average Bonchev–Trinajstić information content (AvgIpc) is 2.28. The number of halogens is 2. The fourth-order valence-electron chi connectivity index (χ4n) is 0.557. The lowest BCUT2D eigenvalue weighted by Crippen LogP contribution is -2.03. The zero-order valence-corrected chi connectivity index (χ0v) is 5.52. The van der Waals surface area contributed by atoms with Gasteiger partial charge in [-0.1, -0.05) is 0 Å². The number of aromatic amines is 1. The highest BCUT2D eigenvalue weighted by molar-refractivity contribution is 5.87. The molecule has 4 nitrogen and oxygen atoms in total. The van der Waals surface area contributed by atoms with Crippen molar-refractivity contribution in [3.8, 4) is 0 Å². The smallest absolute Gasteiger partial charge is 0.361 e. The molecule has 0 saturated carbocycles. The Labute approximate surface area is 61.7 Å². The summed E-state index contributed by atoms with van der Waals surface area (Å²) in [5.74, 6) is -2.14. The van der Waals surface area contributed by atoms with Gasteiger partial charge in [0.15, 0.2) is 0 Å². The van der Waals surface area contributed by atoms with E-state index in [0.717, 1.165) is 7.11 Å². The van der Waals surface area contributed by atoms with E-state index in [1.54, 1.807) is 4.98 Å². The van der Waals surface area contributed by atoms with Crippen LogP contribution in [0.2, 0.25) is 0 Å². The highest BCUT2D eigenvalue weighted by Gasteiger charge is 2.17. The van der Waals surface area contributed by atoms with Crippen LogP contribution >= 0.6 is 0 Å². The molecule has 0 aliphatic rings. The number of imidazole rings is 1. The van der Waals surface area contributed by atoms with Crippen LogP contribution in [0.4, 0.5) is 8.78 Å². The molecule has 1 rings (SSSR count). The Bertz CT molecular complexity index is 289. The molecule has 0 fully saturated rings. The fraction of sp³-hybridized carbons (Fsp3) is 0.200. The number of rotatable bonds is 1. The van der Waals surface area contributed by atoms with E-state index in [-0.39, 0.29) is 1.43 Å². The summed E-state index contributed by atoms with van der Waals surface area (Å²) in [6, 6.07) is 0. The summed E-state index contributed by atoms with van der Waals surface area (Å²) in [5.41, 5.74) is -0.676. The Morgan fingerprint density at radius 2 is 2.36 bits per heavy atom. The van der Waals surface area contributed by atoms with Crippen LogP contribution < -0.4 is 0 Å². The molecule has 1 aromatic heterocycles. The molecule has 0 amide bonds. The van der Waals surface area contributed by atoms with Crippen molar-refractivity contribution in [1.29, 1.82) is 0 Å². The summed E-state index contributed by atoms with van der Waals surface area (Å²) in [6.45, 7) is 0. The van der Waals surface area contributed by atoms with E-state index in [2.05, 4.69) is 9.72 Å². The molecule has 1 N–H and O–H groups in total. The van der Waals surface area contributed by atoms with Crippen molar-refractivity contribution in [3.63, 3.8) is 0 Å². The first-order chi connectivity index (χ1) is 5.15. The van der Waals surface area contributed by atoms with Crippen molar-refractivity contribution in [1.82, 2.24) is 9.97 Å². The second kappa shape index (κ2) is 2.65. The monoisotopic (exact) mass is 164 g/mol. The number of hydrogen-bond donors (Lipinski definition) is 1. The second-order valence-electron chi connectivity index (χ2n) is 1.68. The second-order valence-corrected chi connectivity index (χ2v) is 1.68. The van der Waals surface area contributed by atoms with E-state index in [1.165, 1.54) is 0 Å². The van der Waals surface area contributed by atoms with Crippen LogP contribution in [0.1, 0.15) is 11.9 Å². The minimum Gasteiger partial charge on any atom is -0.464 e. The molecule has 0 unspecified atom stereocenters. The molecule has 1 aromatic rings. The molecule has 62 valence electrons. The summed E-state index contributed by atoms with van der Waals surface area (Å²) in [5, 5.41) is 0. The molecule has 1 heterocycles. The minimum atomic E-state index is -1.15. The molecule has 0 aliphatic carbocycles. The van der Waals surface area contributed by atoms with Crippen LogP contribution in [0.25, 0.3) is 0 Å². The van der Waals surface area contributed by atoms with Gasteiger partial charge in [0.05, 0.1) is 7.11 Å². The van der Waals surface area contributed by atoms with E-state index in [0.29, 0.717) is 0 Å². The third kappa shape index (κ3) is 1.34. The molecule has 0 bridgehead atoms.